The SMILES string of the molecule is CCCN(CCC)C(=O)/C=C(\C)c1cc2c(-c3ccc(OC)cc3)coc2cc1OC. The van der Waals surface area contributed by atoms with Gasteiger partial charge in [-0.1, -0.05) is 26.0 Å². The van der Waals surface area contributed by atoms with Gasteiger partial charge in [-0.15, -0.1) is 0 Å². The van der Waals surface area contributed by atoms with E-state index in [9.17, 15) is 4.79 Å². The molecule has 0 atom stereocenters. The molecule has 1 heterocycles. The molecule has 0 spiro atoms. The van der Waals surface area contributed by atoms with E-state index in [4.69, 9.17) is 13.9 Å². The molecule has 0 aliphatic rings. The zero-order chi connectivity index (χ0) is 22.4. The summed E-state index contributed by atoms with van der Waals surface area (Å²) in [5.41, 5.74) is 4.50. The lowest BCUT2D eigenvalue weighted by atomic mass is 9.99. The third-order valence-electron chi connectivity index (χ3n) is 5.36. The van der Waals surface area contributed by atoms with Crippen molar-refractivity contribution in [1.29, 1.82) is 0 Å². The molecule has 5 nitrogen and oxygen atoms in total. The lowest BCUT2D eigenvalue weighted by Gasteiger charge is -2.20. The summed E-state index contributed by atoms with van der Waals surface area (Å²) in [6, 6.07) is 11.8. The van der Waals surface area contributed by atoms with Crippen molar-refractivity contribution in [2.24, 2.45) is 0 Å². The first kappa shape index (κ1) is 22.5. The molecule has 2 aromatic carbocycles. The van der Waals surface area contributed by atoms with E-state index in [1.807, 2.05) is 48.2 Å². The molecule has 0 fully saturated rings. The minimum Gasteiger partial charge on any atom is -0.497 e. The van der Waals surface area contributed by atoms with Gasteiger partial charge in [-0.25, -0.2) is 0 Å². The van der Waals surface area contributed by atoms with Crippen molar-refractivity contribution in [3.05, 3.63) is 54.3 Å². The maximum absolute atomic E-state index is 12.8. The van der Waals surface area contributed by atoms with Crippen molar-refractivity contribution in [1.82, 2.24) is 4.90 Å². The summed E-state index contributed by atoms with van der Waals surface area (Å²) in [6.07, 6.45) is 5.34. The molecule has 31 heavy (non-hydrogen) atoms. The largest absolute Gasteiger partial charge is 0.497 e. The summed E-state index contributed by atoms with van der Waals surface area (Å²) in [7, 11) is 3.28. The quantitative estimate of drug-likeness (QED) is 0.388. The Bertz CT molecular complexity index is 1060. The maximum Gasteiger partial charge on any atom is 0.246 e. The standard InChI is InChI=1S/C26H31NO4/c1-6-12-27(13-7-2)26(28)14-18(3)21-15-22-23(17-31-25(22)16-24(21)30-5)19-8-10-20(29-4)11-9-19/h8-11,14-17H,6-7,12-13H2,1-5H3/b18-14+. The highest BCUT2D eigenvalue weighted by Crippen LogP contribution is 2.37. The summed E-state index contributed by atoms with van der Waals surface area (Å²) >= 11 is 0. The van der Waals surface area contributed by atoms with Crippen LogP contribution in [0.1, 0.15) is 39.2 Å². The Kier molecular flexibility index (Phi) is 7.40. The molecule has 0 aliphatic carbocycles. The number of ether oxygens (including phenoxy) is 2. The van der Waals surface area contributed by atoms with Crippen LogP contribution in [0, 0.1) is 0 Å². The Balaban J connectivity index is 2.03. The number of nitrogens with zero attached hydrogens (tertiary/aromatic N) is 1. The number of furan rings is 1. The van der Waals surface area contributed by atoms with Gasteiger partial charge in [0.2, 0.25) is 5.91 Å². The van der Waals surface area contributed by atoms with Gasteiger partial charge in [0, 0.05) is 41.7 Å². The van der Waals surface area contributed by atoms with Gasteiger partial charge in [0.25, 0.3) is 0 Å². The summed E-state index contributed by atoms with van der Waals surface area (Å²) < 4.78 is 16.7. The third kappa shape index (κ3) is 4.93. The number of fused-ring (bicyclic) bond motifs is 1. The van der Waals surface area contributed by atoms with Crippen LogP contribution in [0.4, 0.5) is 0 Å². The number of methoxy groups -OCH3 is 2. The highest BCUT2D eigenvalue weighted by atomic mass is 16.5. The van der Waals surface area contributed by atoms with Crippen molar-refractivity contribution in [3.8, 4) is 22.6 Å². The van der Waals surface area contributed by atoms with Gasteiger partial charge in [0.1, 0.15) is 17.1 Å². The van der Waals surface area contributed by atoms with Crippen LogP contribution in [0.15, 0.2) is 53.2 Å². The van der Waals surface area contributed by atoms with Gasteiger partial charge in [-0.2, -0.15) is 0 Å². The Morgan fingerprint density at radius 2 is 1.71 bits per heavy atom. The van der Waals surface area contributed by atoms with E-state index in [2.05, 4.69) is 13.8 Å². The number of hydrogen-bond donors (Lipinski definition) is 0. The van der Waals surface area contributed by atoms with E-state index >= 15 is 0 Å². The monoisotopic (exact) mass is 421 g/mol. The van der Waals surface area contributed by atoms with Crippen LogP contribution >= 0.6 is 0 Å². The first-order valence-corrected chi connectivity index (χ1v) is 10.7. The zero-order valence-corrected chi connectivity index (χ0v) is 19.0. The number of benzene rings is 2. The van der Waals surface area contributed by atoms with Crippen molar-refractivity contribution in [2.45, 2.75) is 33.6 Å². The molecule has 5 heteroatoms. The maximum atomic E-state index is 12.8. The van der Waals surface area contributed by atoms with E-state index in [1.165, 1.54) is 0 Å². The summed E-state index contributed by atoms with van der Waals surface area (Å²) in [5, 5.41) is 0.972. The van der Waals surface area contributed by atoms with Gasteiger partial charge >= 0.3 is 0 Å². The van der Waals surface area contributed by atoms with Gasteiger partial charge < -0.3 is 18.8 Å². The van der Waals surface area contributed by atoms with Gasteiger partial charge in [0.15, 0.2) is 0 Å². The molecule has 0 saturated carbocycles. The fraction of sp³-hybridized carbons (Fsp3) is 0.346. The summed E-state index contributed by atoms with van der Waals surface area (Å²) in [6.45, 7) is 7.64. The lowest BCUT2D eigenvalue weighted by molar-refractivity contribution is -0.126. The molecule has 0 bridgehead atoms. The van der Waals surface area contributed by atoms with E-state index in [-0.39, 0.29) is 5.91 Å². The molecule has 0 aliphatic heterocycles. The molecule has 1 aromatic heterocycles. The van der Waals surface area contributed by atoms with Crippen molar-refractivity contribution in [3.63, 3.8) is 0 Å². The lowest BCUT2D eigenvalue weighted by Crippen LogP contribution is -2.31. The molecule has 0 saturated heterocycles. The molecule has 0 N–H and O–H groups in total. The van der Waals surface area contributed by atoms with Gasteiger partial charge in [0.05, 0.1) is 20.5 Å². The van der Waals surface area contributed by atoms with E-state index in [0.717, 1.165) is 64.9 Å². The van der Waals surface area contributed by atoms with Crippen molar-refractivity contribution < 1.29 is 18.7 Å². The van der Waals surface area contributed by atoms with E-state index in [1.54, 1.807) is 26.6 Å². The van der Waals surface area contributed by atoms with E-state index < -0.39 is 0 Å². The average molecular weight is 422 g/mol. The predicted molar refractivity (Wildman–Crippen MR) is 126 cm³/mol. The van der Waals surface area contributed by atoms with Crippen LogP contribution in [0.2, 0.25) is 0 Å². The van der Waals surface area contributed by atoms with Gasteiger partial charge in [-0.3, -0.25) is 4.79 Å². The molecule has 1 amide bonds. The molecule has 0 unspecified atom stereocenters. The van der Waals surface area contributed by atoms with Crippen LogP contribution in [0.25, 0.3) is 27.7 Å². The van der Waals surface area contributed by atoms with E-state index in [0.29, 0.717) is 5.75 Å². The van der Waals surface area contributed by atoms with Crippen LogP contribution in [-0.4, -0.2) is 38.1 Å². The van der Waals surface area contributed by atoms with Crippen LogP contribution in [0.3, 0.4) is 0 Å². The smallest absolute Gasteiger partial charge is 0.246 e. The van der Waals surface area contributed by atoms with Crippen molar-refractivity contribution in [2.75, 3.05) is 27.3 Å². The topological polar surface area (TPSA) is 51.9 Å². The van der Waals surface area contributed by atoms with Gasteiger partial charge in [-0.05, 0) is 49.1 Å². The van der Waals surface area contributed by atoms with Crippen LogP contribution in [0.5, 0.6) is 11.5 Å². The second kappa shape index (κ2) is 10.2. The number of allylic oxidation sites excluding steroid dienone is 1. The number of carbonyl (C=O) groups is 1. The minimum absolute atomic E-state index is 0.0333. The molecule has 3 rings (SSSR count). The summed E-state index contributed by atoms with van der Waals surface area (Å²) in [5.74, 6) is 1.52. The molecular formula is C26H31NO4. The Hall–Kier alpha value is -3.21. The number of carbonyl (C=O) groups excluding carboxylic acids is 1. The molecular weight excluding hydrogens is 390 g/mol. The number of hydrogen-bond acceptors (Lipinski definition) is 4. The average Bonchev–Trinajstić information content (AvgIpc) is 3.20. The normalized spacial score (nSPS) is 11.6. The zero-order valence-electron chi connectivity index (χ0n) is 19.0. The number of rotatable bonds is 9. The second-order valence-electron chi connectivity index (χ2n) is 7.58. The second-order valence-corrected chi connectivity index (χ2v) is 7.58. The highest BCUT2D eigenvalue weighted by molar-refractivity contribution is 6.00. The highest BCUT2D eigenvalue weighted by Gasteiger charge is 2.16. The van der Waals surface area contributed by atoms with Crippen LogP contribution < -0.4 is 9.47 Å². The molecule has 164 valence electrons. The third-order valence-corrected chi connectivity index (χ3v) is 5.36. The minimum atomic E-state index is 0.0333. The van der Waals surface area contributed by atoms with Crippen LogP contribution in [-0.2, 0) is 4.79 Å². The first-order chi connectivity index (χ1) is 15.0. The first-order valence-electron chi connectivity index (χ1n) is 10.7. The number of amides is 1. The van der Waals surface area contributed by atoms with Crippen molar-refractivity contribution >= 4 is 22.4 Å². The fourth-order valence-electron chi connectivity index (χ4n) is 3.75. The predicted octanol–water partition coefficient (Wildman–Crippen LogP) is 6.17. The Labute approximate surface area is 184 Å². The molecule has 3 aromatic rings. The fourth-order valence-corrected chi connectivity index (χ4v) is 3.75. The molecule has 0 radical (unpaired) electrons. The Morgan fingerprint density at radius 1 is 1.03 bits per heavy atom. The Morgan fingerprint density at radius 3 is 2.29 bits per heavy atom. The summed E-state index contributed by atoms with van der Waals surface area (Å²) in [4.78, 5) is 14.7.